The first-order chi connectivity index (χ1) is 11.5. The summed E-state index contributed by atoms with van der Waals surface area (Å²) in [6.45, 7) is 0. The van der Waals surface area contributed by atoms with Gasteiger partial charge < -0.3 is 15.8 Å². The second kappa shape index (κ2) is 6.21. The minimum atomic E-state index is -0.593. The zero-order chi connectivity index (χ0) is 17.1. The van der Waals surface area contributed by atoms with Crippen molar-refractivity contribution in [2.45, 2.75) is 0 Å². The number of benzene rings is 2. The van der Waals surface area contributed by atoms with Gasteiger partial charge in [-0.15, -0.1) is 0 Å². The molecule has 0 aromatic heterocycles. The summed E-state index contributed by atoms with van der Waals surface area (Å²) in [5.41, 5.74) is 7.66. The number of nitrogens with two attached hydrogens (primary N) is 1. The Morgan fingerprint density at radius 3 is 2.42 bits per heavy atom. The third kappa shape index (κ3) is 3.22. The number of cyclic esters (lactones) is 1. The lowest BCUT2D eigenvalue weighted by atomic mass is 10.2. The molecule has 0 saturated heterocycles. The van der Waals surface area contributed by atoms with E-state index >= 15 is 0 Å². The fraction of sp³-hybridized carbons (Fsp3) is 0. The number of hydrogen-bond donors (Lipinski definition) is 3. The highest BCUT2D eigenvalue weighted by Gasteiger charge is 2.24. The van der Waals surface area contributed by atoms with Crippen LogP contribution in [0.4, 0.5) is 17.1 Å². The Morgan fingerprint density at radius 1 is 1.12 bits per heavy atom. The van der Waals surface area contributed by atoms with Gasteiger partial charge in [-0.25, -0.2) is 15.0 Å². The molecule has 0 saturated carbocycles. The van der Waals surface area contributed by atoms with Gasteiger partial charge in [0.1, 0.15) is 0 Å². The number of nitrogen functional groups attached to an aromatic ring is 1. The zero-order valence-electron chi connectivity index (χ0n) is 12.3. The van der Waals surface area contributed by atoms with Crippen LogP contribution >= 0.6 is 0 Å². The Labute approximate surface area is 136 Å². The van der Waals surface area contributed by atoms with E-state index < -0.39 is 5.97 Å². The van der Waals surface area contributed by atoms with Crippen LogP contribution in [0.5, 0.6) is 0 Å². The molecule has 2 aromatic carbocycles. The Balaban J connectivity index is 1.78. The smallest absolute Gasteiger partial charge is 0.365 e. The number of rotatable bonds is 4. The van der Waals surface area contributed by atoms with Gasteiger partial charge in [0.15, 0.2) is 5.70 Å². The van der Waals surface area contributed by atoms with E-state index in [1.54, 1.807) is 24.3 Å². The second-order valence-electron chi connectivity index (χ2n) is 4.92. The molecule has 0 aliphatic carbocycles. The highest BCUT2D eigenvalue weighted by molar-refractivity contribution is 6.11. The number of nitrogens with zero attached hydrogens (tertiary/aromatic N) is 2. The van der Waals surface area contributed by atoms with E-state index in [0.717, 1.165) is 5.69 Å². The minimum absolute atomic E-state index is 0.0597. The number of esters is 1. The summed E-state index contributed by atoms with van der Waals surface area (Å²) < 4.78 is 5.10. The summed E-state index contributed by atoms with van der Waals surface area (Å²) in [5, 5.41) is 11.7. The minimum Gasteiger partial charge on any atom is -0.402 e. The largest absolute Gasteiger partial charge is 0.402 e. The Bertz CT molecular complexity index is 855. The third-order valence-corrected chi connectivity index (χ3v) is 3.24. The van der Waals surface area contributed by atoms with Crippen LogP contribution in [0.2, 0.25) is 0 Å². The van der Waals surface area contributed by atoms with Gasteiger partial charge in [0.25, 0.3) is 4.92 Å². The quantitative estimate of drug-likeness (QED) is 0.344. The lowest BCUT2D eigenvalue weighted by Crippen LogP contribution is -2.06. The standard InChI is InChI=1S/C16H12N4O4/c17-11-3-5-12(6-4-11)18-9-14-16(21)24-15(19-14)10-1-7-13(8-2-10)20(22)23/h1-9H,17H2,(H-,18,21,22,23)/p+1. The summed E-state index contributed by atoms with van der Waals surface area (Å²) >= 11 is 0. The number of carbonyl (C=O) groups excluding carboxylic acids is 1. The van der Waals surface area contributed by atoms with Crippen molar-refractivity contribution in [2.24, 2.45) is 4.99 Å². The number of anilines is 2. The number of ether oxygens (including phenoxy) is 1. The topological polar surface area (TPSA) is 117 Å². The Morgan fingerprint density at radius 2 is 1.79 bits per heavy atom. The highest BCUT2D eigenvalue weighted by Crippen LogP contribution is 2.19. The summed E-state index contributed by atoms with van der Waals surface area (Å²) in [4.78, 5) is 26.5. The summed E-state index contributed by atoms with van der Waals surface area (Å²) in [7, 11) is 0. The first kappa shape index (κ1) is 15.2. The molecule has 120 valence electrons. The molecule has 8 heteroatoms. The lowest BCUT2D eigenvalue weighted by molar-refractivity contribution is -0.729. The monoisotopic (exact) mass is 325 g/mol. The van der Waals surface area contributed by atoms with Crippen LogP contribution in [-0.4, -0.2) is 22.0 Å². The summed E-state index contributed by atoms with van der Waals surface area (Å²) in [5.74, 6) is -0.475. The number of hydrogen-bond acceptors (Lipinski definition) is 6. The van der Waals surface area contributed by atoms with Crippen molar-refractivity contribution >= 4 is 28.9 Å². The van der Waals surface area contributed by atoms with Crippen LogP contribution in [0.15, 0.2) is 65.4 Å². The molecule has 1 aliphatic rings. The molecule has 2 aromatic rings. The van der Waals surface area contributed by atoms with Gasteiger partial charge in [0.2, 0.25) is 5.90 Å². The summed E-state index contributed by atoms with van der Waals surface area (Å²) in [6, 6.07) is 12.8. The average molecular weight is 325 g/mol. The predicted molar refractivity (Wildman–Crippen MR) is 86.7 cm³/mol. The van der Waals surface area contributed by atoms with Crippen molar-refractivity contribution in [3.63, 3.8) is 0 Å². The van der Waals surface area contributed by atoms with Gasteiger partial charge in [-0.05, 0) is 36.4 Å². The van der Waals surface area contributed by atoms with Crippen LogP contribution in [0, 0.1) is 4.91 Å². The molecule has 1 heterocycles. The van der Waals surface area contributed by atoms with Gasteiger partial charge in [0.05, 0.1) is 4.91 Å². The highest BCUT2D eigenvalue weighted by atomic mass is 16.6. The third-order valence-electron chi connectivity index (χ3n) is 3.24. The predicted octanol–water partition coefficient (Wildman–Crippen LogP) is 2.33. The van der Waals surface area contributed by atoms with Crippen molar-refractivity contribution < 1.29 is 19.7 Å². The first-order valence-corrected chi connectivity index (χ1v) is 6.92. The van der Waals surface area contributed by atoms with Crippen LogP contribution in [0.3, 0.4) is 0 Å². The van der Waals surface area contributed by atoms with Gasteiger partial charge in [-0.2, -0.15) is 0 Å². The molecule has 0 bridgehead atoms. The van der Waals surface area contributed by atoms with Gasteiger partial charge in [-0.1, -0.05) is 0 Å². The SMILES string of the molecule is Nc1ccc(N/C=C2\N=C(c3ccc([N+](=O)O)cc3)OC2=O)cc1. The number of aliphatic imine (C=N–C) groups is 1. The fourth-order valence-electron chi connectivity index (χ4n) is 2.00. The van der Waals surface area contributed by atoms with Gasteiger partial charge >= 0.3 is 11.7 Å². The zero-order valence-corrected chi connectivity index (χ0v) is 12.3. The molecule has 0 radical (unpaired) electrons. The maximum atomic E-state index is 11.8. The molecular formula is C16H13N4O4+. The Kier molecular flexibility index (Phi) is 3.94. The van der Waals surface area contributed by atoms with E-state index in [-0.39, 0.29) is 22.2 Å². The van der Waals surface area contributed by atoms with Crippen molar-refractivity contribution in [2.75, 3.05) is 11.1 Å². The Hall–Kier alpha value is -3.68. The molecule has 0 fully saturated rings. The fourth-order valence-corrected chi connectivity index (χ4v) is 2.00. The van der Waals surface area contributed by atoms with E-state index in [0.29, 0.717) is 11.3 Å². The van der Waals surface area contributed by atoms with Crippen molar-refractivity contribution in [1.82, 2.24) is 0 Å². The van der Waals surface area contributed by atoms with Crippen LogP contribution in [-0.2, 0) is 9.53 Å². The van der Waals surface area contributed by atoms with Crippen LogP contribution < -0.4 is 11.1 Å². The molecule has 0 amide bonds. The molecule has 0 spiro atoms. The van der Waals surface area contributed by atoms with Crippen LogP contribution in [0.1, 0.15) is 5.56 Å². The molecule has 8 nitrogen and oxygen atoms in total. The maximum absolute atomic E-state index is 11.8. The number of nitrogens with one attached hydrogen (secondary N) is 1. The molecule has 0 unspecified atom stereocenters. The average Bonchev–Trinajstić information content (AvgIpc) is 2.95. The molecule has 4 N–H and O–H groups in total. The first-order valence-electron chi connectivity index (χ1n) is 6.92. The van der Waals surface area contributed by atoms with Crippen LogP contribution in [0.25, 0.3) is 0 Å². The molecule has 1 aliphatic heterocycles. The van der Waals surface area contributed by atoms with E-state index in [9.17, 15) is 9.70 Å². The normalized spacial score (nSPS) is 15.1. The maximum Gasteiger partial charge on any atom is 0.365 e. The van der Waals surface area contributed by atoms with Crippen molar-refractivity contribution in [3.05, 3.63) is 70.9 Å². The molecular weight excluding hydrogens is 312 g/mol. The second-order valence-corrected chi connectivity index (χ2v) is 4.92. The molecule has 24 heavy (non-hydrogen) atoms. The number of carbonyl (C=O) groups is 1. The van der Waals surface area contributed by atoms with Crippen molar-refractivity contribution in [3.8, 4) is 0 Å². The van der Waals surface area contributed by atoms with E-state index in [2.05, 4.69) is 10.3 Å². The van der Waals surface area contributed by atoms with Gasteiger partial charge in [0, 0.05) is 35.3 Å². The van der Waals surface area contributed by atoms with E-state index in [4.69, 9.17) is 15.7 Å². The summed E-state index contributed by atoms with van der Waals surface area (Å²) in [6.07, 6.45) is 1.43. The van der Waals surface area contributed by atoms with Gasteiger partial charge in [-0.3, -0.25) is 0 Å². The van der Waals surface area contributed by atoms with E-state index in [1.165, 1.54) is 30.5 Å². The van der Waals surface area contributed by atoms with E-state index in [1.807, 2.05) is 0 Å². The molecule has 3 rings (SSSR count). The van der Waals surface area contributed by atoms with Crippen molar-refractivity contribution in [1.29, 1.82) is 0 Å². The lowest BCUT2D eigenvalue weighted by Gasteiger charge is -2.00. The molecule has 0 atom stereocenters.